The van der Waals surface area contributed by atoms with Gasteiger partial charge in [0.05, 0.1) is 24.1 Å². The van der Waals surface area contributed by atoms with Gasteiger partial charge in [-0.1, -0.05) is 6.07 Å². The number of hydrogen-bond donors (Lipinski definition) is 4. The number of anilines is 2. The predicted octanol–water partition coefficient (Wildman–Crippen LogP) is -1.15. The highest BCUT2D eigenvalue weighted by Gasteiger charge is 2.49. The number of nitrogens with two attached hydrogens (primary N) is 1. The highest BCUT2D eigenvalue weighted by molar-refractivity contribution is 6.16. The molecule has 0 spiro atoms. The average Bonchev–Trinajstić information content (AvgIpc) is 3.61. The van der Waals surface area contributed by atoms with Gasteiger partial charge in [0.15, 0.2) is 23.8 Å². The van der Waals surface area contributed by atoms with E-state index in [9.17, 15) is 24.6 Å². The number of aliphatic imine (C=N–C) groups is 1. The molecule has 3 aliphatic heterocycles. The Labute approximate surface area is 220 Å². The number of nitrogens with one attached hydrogen (secondary N) is 1. The molecule has 1 saturated heterocycles. The summed E-state index contributed by atoms with van der Waals surface area (Å²) in [6, 6.07) is 5.01. The van der Waals surface area contributed by atoms with Gasteiger partial charge in [-0.2, -0.15) is 0 Å². The van der Waals surface area contributed by atoms with Crippen LogP contribution in [0.25, 0.3) is 11.2 Å². The number of amides is 3. The van der Waals surface area contributed by atoms with Crippen LogP contribution in [-0.4, -0.2) is 101 Å². The standard InChI is InChI=1S/C24H23N9O6/c25-20-16-21(28-10-27-20)33(11-29-16)24-18(36)17(35)19(39-24)23(38)32-6-4-31(5-7-32)9-15(34)30-14-3-1-2-12-13(14)8-26-22(12)37/h1-4,6,8,10-11,17-19,24,35-36H,5,7,9H2,(H,30,34)(H2,25,27,28)/t17-,18+,19-,24+/m0/s1. The zero-order valence-electron chi connectivity index (χ0n) is 20.3. The number of aromatic nitrogens is 4. The van der Waals surface area contributed by atoms with E-state index in [4.69, 9.17) is 10.5 Å². The minimum absolute atomic E-state index is 0.00925. The van der Waals surface area contributed by atoms with Crippen LogP contribution in [0.3, 0.4) is 0 Å². The largest absolute Gasteiger partial charge is 0.387 e. The molecule has 0 bridgehead atoms. The molecule has 2 aromatic heterocycles. The van der Waals surface area contributed by atoms with E-state index >= 15 is 0 Å². The molecule has 15 heteroatoms. The number of fused-ring (bicyclic) bond motifs is 2. The minimum atomic E-state index is -1.50. The lowest BCUT2D eigenvalue weighted by atomic mass is 10.1. The lowest BCUT2D eigenvalue weighted by Gasteiger charge is -2.31. The van der Waals surface area contributed by atoms with Gasteiger partial charge in [-0.05, 0) is 12.1 Å². The quantitative estimate of drug-likeness (QED) is 0.309. The summed E-state index contributed by atoms with van der Waals surface area (Å²) < 4.78 is 7.17. The molecule has 0 radical (unpaired) electrons. The molecule has 3 aromatic rings. The van der Waals surface area contributed by atoms with Crippen molar-refractivity contribution in [1.29, 1.82) is 0 Å². The normalized spacial score (nSPS) is 24.0. The Balaban J connectivity index is 1.09. The first kappa shape index (κ1) is 24.6. The van der Waals surface area contributed by atoms with E-state index in [1.165, 1.54) is 34.5 Å². The van der Waals surface area contributed by atoms with Gasteiger partial charge in [0.2, 0.25) is 5.91 Å². The monoisotopic (exact) mass is 533 g/mol. The first-order valence-electron chi connectivity index (χ1n) is 12.0. The van der Waals surface area contributed by atoms with Crippen LogP contribution >= 0.6 is 0 Å². The van der Waals surface area contributed by atoms with Crippen molar-refractivity contribution in [2.75, 3.05) is 30.7 Å². The van der Waals surface area contributed by atoms with Gasteiger partial charge in [0.1, 0.15) is 24.1 Å². The molecular formula is C24H23N9O6. The van der Waals surface area contributed by atoms with Crippen LogP contribution in [0.4, 0.5) is 11.5 Å². The molecule has 39 heavy (non-hydrogen) atoms. The van der Waals surface area contributed by atoms with Crippen molar-refractivity contribution < 1.29 is 29.3 Å². The first-order chi connectivity index (χ1) is 18.8. The van der Waals surface area contributed by atoms with Gasteiger partial charge in [-0.25, -0.2) is 19.9 Å². The van der Waals surface area contributed by atoms with Crippen LogP contribution in [0.15, 0.2) is 48.2 Å². The molecule has 5 N–H and O–H groups in total. The van der Waals surface area contributed by atoms with Crippen molar-refractivity contribution in [3.63, 3.8) is 0 Å². The summed E-state index contributed by atoms with van der Waals surface area (Å²) >= 11 is 0. The van der Waals surface area contributed by atoms with E-state index in [1.54, 1.807) is 29.3 Å². The van der Waals surface area contributed by atoms with Crippen LogP contribution in [-0.2, 0) is 14.3 Å². The molecule has 200 valence electrons. The Morgan fingerprint density at radius 2 is 1.97 bits per heavy atom. The summed E-state index contributed by atoms with van der Waals surface area (Å²) in [5.41, 5.74) is 7.90. The molecule has 1 fully saturated rings. The van der Waals surface area contributed by atoms with E-state index in [0.717, 1.165) is 0 Å². The Bertz CT molecular complexity index is 1550. The average molecular weight is 534 g/mol. The fraction of sp³-hybridized carbons (Fsp3) is 0.292. The third kappa shape index (κ3) is 4.27. The van der Waals surface area contributed by atoms with Gasteiger partial charge in [-0.15, -0.1) is 0 Å². The summed E-state index contributed by atoms with van der Waals surface area (Å²) in [5.74, 6) is -1.06. The molecular weight excluding hydrogens is 510 g/mol. The fourth-order valence-electron chi connectivity index (χ4n) is 4.76. The summed E-state index contributed by atoms with van der Waals surface area (Å²) in [6.07, 6.45) is 1.69. The summed E-state index contributed by atoms with van der Waals surface area (Å²) in [4.78, 5) is 56.5. The maximum absolute atomic E-state index is 13.2. The molecule has 4 atom stereocenters. The van der Waals surface area contributed by atoms with Crippen molar-refractivity contribution in [3.05, 3.63) is 54.4 Å². The van der Waals surface area contributed by atoms with Crippen molar-refractivity contribution in [3.8, 4) is 0 Å². The number of carbonyl (C=O) groups excluding carboxylic acids is 3. The molecule has 5 heterocycles. The smallest absolute Gasteiger partial charge is 0.277 e. The maximum Gasteiger partial charge on any atom is 0.277 e. The maximum atomic E-state index is 13.2. The van der Waals surface area contributed by atoms with Crippen molar-refractivity contribution >= 4 is 46.6 Å². The molecule has 1 aromatic carbocycles. The molecule has 3 aliphatic rings. The van der Waals surface area contributed by atoms with Gasteiger partial charge in [0, 0.05) is 37.3 Å². The van der Waals surface area contributed by atoms with Crippen LogP contribution < -0.4 is 11.1 Å². The number of hydrogen-bond acceptors (Lipinski definition) is 11. The minimum Gasteiger partial charge on any atom is -0.387 e. The van der Waals surface area contributed by atoms with Crippen molar-refractivity contribution in [2.45, 2.75) is 24.5 Å². The Morgan fingerprint density at radius 1 is 1.13 bits per heavy atom. The molecule has 0 aliphatic carbocycles. The summed E-state index contributed by atoms with van der Waals surface area (Å²) in [7, 11) is 0. The van der Waals surface area contributed by atoms with Gasteiger partial charge >= 0.3 is 0 Å². The fourth-order valence-corrected chi connectivity index (χ4v) is 4.76. The number of imidazole rings is 1. The number of ether oxygens (including phenoxy) is 1. The van der Waals surface area contributed by atoms with Crippen LogP contribution in [0, 0.1) is 0 Å². The Hall–Kier alpha value is -4.73. The number of rotatable bonds is 5. The van der Waals surface area contributed by atoms with E-state index in [2.05, 4.69) is 25.3 Å². The van der Waals surface area contributed by atoms with E-state index in [0.29, 0.717) is 28.9 Å². The lowest BCUT2D eigenvalue weighted by Crippen LogP contribution is -2.47. The SMILES string of the molecule is Nc1ncnc2c1ncn2[C@@H]1O[C@H](C(=O)N2C=CN(CC(=O)Nc3cccc4c3C=NC4=O)CC2)[C@@H](O)[C@H]1O. The zero-order valence-corrected chi connectivity index (χ0v) is 20.3. The molecule has 0 saturated carbocycles. The van der Waals surface area contributed by atoms with E-state index in [1.807, 2.05) is 0 Å². The topological polar surface area (TPSA) is 201 Å². The number of nitrogen functional groups attached to an aromatic ring is 1. The molecule has 6 rings (SSSR count). The molecule has 15 nitrogen and oxygen atoms in total. The Morgan fingerprint density at radius 3 is 2.77 bits per heavy atom. The van der Waals surface area contributed by atoms with E-state index in [-0.39, 0.29) is 36.4 Å². The second-order valence-electron chi connectivity index (χ2n) is 9.19. The lowest BCUT2D eigenvalue weighted by molar-refractivity contribution is -0.146. The van der Waals surface area contributed by atoms with Crippen molar-refractivity contribution in [2.24, 2.45) is 4.99 Å². The third-order valence-electron chi connectivity index (χ3n) is 6.78. The second kappa shape index (κ2) is 9.54. The predicted molar refractivity (Wildman–Crippen MR) is 135 cm³/mol. The molecule has 3 amide bonds. The van der Waals surface area contributed by atoms with Gasteiger partial charge < -0.3 is 35.8 Å². The van der Waals surface area contributed by atoms with Crippen molar-refractivity contribution in [1.82, 2.24) is 29.3 Å². The second-order valence-corrected chi connectivity index (χ2v) is 9.19. The summed E-state index contributed by atoms with van der Waals surface area (Å²) in [5, 5.41) is 24.1. The third-order valence-corrected chi connectivity index (χ3v) is 6.78. The van der Waals surface area contributed by atoms with Gasteiger partial charge in [-0.3, -0.25) is 19.0 Å². The highest BCUT2D eigenvalue weighted by atomic mass is 16.6. The first-order valence-corrected chi connectivity index (χ1v) is 12.0. The highest BCUT2D eigenvalue weighted by Crippen LogP contribution is 2.33. The van der Waals surface area contributed by atoms with Crippen LogP contribution in [0.5, 0.6) is 0 Å². The summed E-state index contributed by atoms with van der Waals surface area (Å²) in [6.45, 7) is 0.560. The van der Waals surface area contributed by atoms with Crippen LogP contribution in [0.1, 0.15) is 22.1 Å². The molecule has 0 unspecified atom stereocenters. The van der Waals surface area contributed by atoms with Crippen LogP contribution in [0.2, 0.25) is 0 Å². The number of benzene rings is 1. The number of aliphatic hydroxyl groups excluding tert-OH is 2. The van der Waals surface area contributed by atoms with Gasteiger partial charge in [0.25, 0.3) is 11.8 Å². The number of carbonyl (C=O) groups is 3. The Kier molecular flexibility index (Phi) is 6.02. The number of nitrogens with zero attached hydrogens (tertiary/aromatic N) is 7. The zero-order chi connectivity index (χ0) is 27.3. The number of aliphatic hydroxyl groups is 2. The van der Waals surface area contributed by atoms with E-state index < -0.39 is 30.4 Å².